The predicted octanol–water partition coefficient (Wildman–Crippen LogP) is 1.65. The molecule has 0 N–H and O–H groups in total. The first-order valence-electron chi connectivity index (χ1n) is 3.94. The molecule has 0 bridgehead atoms. The molecular formula is C8H14NO. The van der Waals surface area contributed by atoms with Crippen molar-refractivity contribution in [3.8, 4) is 0 Å². The van der Waals surface area contributed by atoms with Gasteiger partial charge >= 0.3 is 0 Å². The lowest BCUT2D eigenvalue weighted by Crippen LogP contribution is -2.03. The summed E-state index contributed by atoms with van der Waals surface area (Å²) in [6.07, 6.45) is 5.43. The van der Waals surface area contributed by atoms with Crippen LogP contribution in [-0.4, -0.2) is 13.2 Å². The molecule has 0 saturated carbocycles. The quantitative estimate of drug-likeness (QED) is 0.544. The summed E-state index contributed by atoms with van der Waals surface area (Å²) in [5.41, 5.74) is 0. The molecule has 10 heavy (non-hydrogen) atoms. The van der Waals surface area contributed by atoms with Crippen LogP contribution in [0.5, 0.6) is 0 Å². The summed E-state index contributed by atoms with van der Waals surface area (Å²) in [6.45, 7) is 3.90. The SMILES string of the molecule is CCCCOC1=CCC[N]1. The molecule has 0 unspecified atom stereocenters. The highest BCUT2D eigenvalue weighted by Crippen LogP contribution is 2.05. The van der Waals surface area contributed by atoms with Crippen molar-refractivity contribution in [2.75, 3.05) is 13.2 Å². The molecule has 0 saturated heterocycles. The first-order valence-corrected chi connectivity index (χ1v) is 3.94. The number of nitrogens with zero attached hydrogens (tertiary/aromatic N) is 1. The second kappa shape index (κ2) is 4.20. The van der Waals surface area contributed by atoms with Crippen LogP contribution in [0.25, 0.3) is 0 Å². The Morgan fingerprint density at radius 2 is 2.60 bits per heavy atom. The van der Waals surface area contributed by atoms with Crippen LogP contribution in [0.1, 0.15) is 26.2 Å². The van der Waals surface area contributed by atoms with Gasteiger partial charge in [-0.2, -0.15) is 0 Å². The third-order valence-electron chi connectivity index (χ3n) is 1.46. The molecule has 0 atom stereocenters. The molecule has 0 aliphatic carbocycles. The van der Waals surface area contributed by atoms with Crippen molar-refractivity contribution in [1.82, 2.24) is 5.32 Å². The fraction of sp³-hybridized carbons (Fsp3) is 0.750. The Labute approximate surface area is 62.3 Å². The van der Waals surface area contributed by atoms with Gasteiger partial charge in [0.1, 0.15) is 0 Å². The van der Waals surface area contributed by atoms with E-state index in [0.29, 0.717) is 0 Å². The molecule has 1 aliphatic rings. The molecule has 0 aromatic rings. The normalized spacial score (nSPS) is 16.3. The summed E-state index contributed by atoms with van der Waals surface area (Å²) >= 11 is 0. The number of hydrogen-bond donors (Lipinski definition) is 0. The van der Waals surface area contributed by atoms with Crippen molar-refractivity contribution in [3.63, 3.8) is 0 Å². The lowest BCUT2D eigenvalue weighted by Gasteiger charge is -2.03. The summed E-state index contributed by atoms with van der Waals surface area (Å²) in [7, 11) is 0. The monoisotopic (exact) mass is 140 g/mol. The molecule has 1 radical (unpaired) electrons. The van der Waals surface area contributed by atoms with Gasteiger partial charge in [0.15, 0.2) is 0 Å². The molecular weight excluding hydrogens is 126 g/mol. The molecule has 0 aromatic heterocycles. The van der Waals surface area contributed by atoms with Crippen LogP contribution in [0.15, 0.2) is 12.0 Å². The Hall–Kier alpha value is -0.660. The van der Waals surface area contributed by atoms with Gasteiger partial charge in [0.25, 0.3) is 0 Å². The maximum Gasteiger partial charge on any atom is 0.204 e. The minimum absolute atomic E-state index is 0.825. The van der Waals surface area contributed by atoms with Crippen LogP contribution in [0, 0.1) is 0 Å². The molecule has 0 amide bonds. The van der Waals surface area contributed by atoms with Gasteiger partial charge in [0.2, 0.25) is 5.88 Å². The van der Waals surface area contributed by atoms with Gasteiger partial charge in [0, 0.05) is 6.54 Å². The van der Waals surface area contributed by atoms with Crippen LogP contribution < -0.4 is 5.32 Å². The van der Waals surface area contributed by atoms with Crippen LogP contribution in [0.2, 0.25) is 0 Å². The Balaban J connectivity index is 2.01. The van der Waals surface area contributed by atoms with Gasteiger partial charge in [-0.3, -0.25) is 5.32 Å². The van der Waals surface area contributed by atoms with E-state index in [4.69, 9.17) is 4.74 Å². The third-order valence-corrected chi connectivity index (χ3v) is 1.46. The van der Waals surface area contributed by atoms with E-state index in [1.54, 1.807) is 0 Å². The zero-order valence-electron chi connectivity index (χ0n) is 6.47. The molecule has 0 aromatic carbocycles. The van der Waals surface area contributed by atoms with E-state index < -0.39 is 0 Å². The summed E-state index contributed by atoms with van der Waals surface area (Å²) in [6, 6.07) is 0. The second-order valence-electron chi connectivity index (χ2n) is 2.41. The zero-order valence-corrected chi connectivity index (χ0v) is 6.47. The summed E-state index contributed by atoms with van der Waals surface area (Å²) in [4.78, 5) is 0. The molecule has 1 heterocycles. The largest absolute Gasteiger partial charge is 0.478 e. The smallest absolute Gasteiger partial charge is 0.204 e. The van der Waals surface area contributed by atoms with E-state index in [9.17, 15) is 0 Å². The minimum Gasteiger partial charge on any atom is -0.478 e. The van der Waals surface area contributed by atoms with Crippen molar-refractivity contribution in [2.45, 2.75) is 26.2 Å². The average Bonchev–Trinajstić information content (AvgIpc) is 2.41. The molecule has 2 heteroatoms. The standard InChI is InChI=1S/C8H14NO/c1-2-3-7-10-8-5-4-6-9-8/h5H,2-4,6-7H2,1H3. The molecule has 1 aliphatic heterocycles. The first-order chi connectivity index (χ1) is 4.93. The Morgan fingerprint density at radius 3 is 3.20 bits per heavy atom. The van der Waals surface area contributed by atoms with Crippen molar-refractivity contribution in [1.29, 1.82) is 0 Å². The predicted molar refractivity (Wildman–Crippen MR) is 40.6 cm³/mol. The second-order valence-corrected chi connectivity index (χ2v) is 2.41. The fourth-order valence-electron chi connectivity index (χ4n) is 0.853. The fourth-order valence-corrected chi connectivity index (χ4v) is 0.853. The van der Waals surface area contributed by atoms with Gasteiger partial charge in [-0.1, -0.05) is 13.3 Å². The van der Waals surface area contributed by atoms with Gasteiger partial charge in [-0.05, 0) is 18.9 Å². The summed E-state index contributed by atoms with van der Waals surface area (Å²) in [5.74, 6) is 0.855. The van der Waals surface area contributed by atoms with Gasteiger partial charge in [-0.25, -0.2) is 0 Å². The van der Waals surface area contributed by atoms with Gasteiger partial charge < -0.3 is 4.74 Å². The van der Waals surface area contributed by atoms with Crippen molar-refractivity contribution in [2.24, 2.45) is 0 Å². The highest BCUT2D eigenvalue weighted by Gasteiger charge is 2.04. The van der Waals surface area contributed by atoms with Crippen LogP contribution in [0.4, 0.5) is 0 Å². The number of ether oxygens (including phenoxy) is 1. The maximum absolute atomic E-state index is 5.34. The molecule has 0 fully saturated rings. The van der Waals surface area contributed by atoms with E-state index >= 15 is 0 Å². The number of unbranched alkanes of at least 4 members (excludes halogenated alkanes) is 1. The van der Waals surface area contributed by atoms with E-state index in [1.165, 1.54) is 6.42 Å². The van der Waals surface area contributed by atoms with E-state index in [0.717, 1.165) is 31.9 Å². The van der Waals surface area contributed by atoms with Crippen molar-refractivity contribution < 1.29 is 4.74 Å². The van der Waals surface area contributed by atoms with Crippen molar-refractivity contribution >= 4 is 0 Å². The van der Waals surface area contributed by atoms with Crippen LogP contribution in [-0.2, 0) is 4.74 Å². The van der Waals surface area contributed by atoms with Crippen molar-refractivity contribution in [3.05, 3.63) is 12.0 Å². The van der Waals surface area contributed by atoms with Gasteiger partial charge in [0.05, 0.1) is 6.61 Å². The van der Waals surface area contributed by atoms with Gasteiger partial charge in [-0.15, -0.1) is 0 Å². The summed E-state index contributed by atoms with van der Waals surface area (Å²) < 4.78 is 5.34. The molecule has 57 valence electrons. The number of hydrogen-bond acceptors (Lipinski definition) is 1. The highest BCUT2D eigenvalue weighted by molar-refractivity contribution is 4.96. The third kappa shape index (κ3) is 2.29. The molecule has 2 nitrogen and oxygen atoms in total. The maximum atomic E-state index is 5.34. The van der Waals surface area contributed by atoms with Crippen LogP contribution >= 0.6 is 0 Å². The van der Waals surface area contributed by atoms with E-state index in [1.807, 2.05) is 0 Å². The first kappa shape index (κ1) is 7.45. The minimum atomic E-state index is 0.825. The number of rotatable bonds is 4. The Morgan fingerprint density at radius 1 is 1.70 bits per heavy atom. The molecule has 0 spiro atoms. The lowest BCUT2D eigenvalue weighted by atomic mass is 10.4. The Kier molecular flexibility index (Phi) is 3.13. The topological polar surface area (TPSA) is 23.3 Å². The zero-order chi connectivity index (χ0) is 7.23. The average molecular weight is 140 g/mol. The van der Waals surface area contributed by atoms with E-state index in [-0.39, 0.29) is 0 Å². The Bertz CT molecular complexity index is 120. The molecule has 1 rings (SSSR count). The lowest BCUT2D eigenvalue weighted by molar-refractivity contribution is 0.191. The van der Waals surface area contributed by atoms with Crippen LogP contribution in [0.3, 0.4) is 0 Å². The highest BCUT2D eigenvalue weighted by atomic mass is 16.5. The summed E-state index contributed by atoms with van der Waals surface area (Å²) in [5, 5.41) is 4.15. The van der Waals surface area contributed by atoms with E-state index in [2.05, 4.69) is 18.3 Å².